The largest absolute Gasteiger partial charge is 0.493 e. The lowest BCUT2D eigenvalue weighted by Gasteiger charge is -2.26. The van der Waals surface area contributed by atoms with Gasteiger partial charge < -0.3 is 25.4 Å². The fraction of sp³-hybridized carbons (Fsp3) is 0.276. The first kappa shape index (κ1) is 26.8. The number of rotatable bonds is 11. The summed E-state index contributed by atoms with van der Waals surface area (Å²) in [7, 11) is 1.72. The fourth-order valence-corrected chi connectivity index (χ4v) is 4.43. The van der Waals surface area contributed by atoms with E-state index in [9.17, 15) is 4.79 Å². The van der Waals surface area contributed by atoms with E-state index in [1.165, 1.54) is 0 Å². The fourth-order valence-electron chi connectivity index (χ4n) is 4.43. The number of carbonyl (C=O) groups is 1. The third-order valence-corrected chi connectivity index (χ3v) is 6.55. The van der Waals surface area contributed by atoms with Crippen molar-refractivity contribution in [1.29, 1.82) is 0 Å². The molecule has 11 heteroatoms. The number of ether oxygens (including phenoxy) is 2. The molecule has 0 unspecified atom stereocenters. The minimum atomic E-state index is 0.0343. The number of aromatic nitrogens is 4. The SMILES string of the molecule is CN=C/C(=C\N)c1ccc(CNc2cc(-c3cnc4cc(OCCCN5CCOCC5=O)ccn34)ncn2)cc1. The topological polar surface area (TPSA) is 132 Å². The summed E-state index contributed by atoms with van der Waals surface area (Å²) in [5.41, 5.74) is 11.0. The minimum absolute atomic E-state index is 0.0343. The number of hydrogen-bond donors (Lipinski definition) is 2. The van der Waals surface area contributed by atoms with E-state index in [2.05, 4.69) is 25.3 Å². The molecule has 4 heterocycles. The van der Waals surface area contributed by atoms with Crippen LogP contribution in [0.1, 0.15) is 17.5 Å². The summed E-state index contributed by atoms with van der Waals surface area (Å²) >= 11 is 0. The van der Waals surface area contributed by atoms with Crippen molar-refractivity contribution in [3.63, 3.8) is 0 Å². The second-order valence-electron chi connectivity index (χ2n) is 9.22. The molecule has 1 fully saturated rings. The van der Waals surface area contributed by atoms with E-state index < -0.39 is 0 Å². The predicted molar refractivity (Wildman–Crippen MR) is 154 cm³/mol. The molecule has 1 amide bonds. The number of nitrogens with two attached hydrogens (primary N) is 1. The number of benzene rings is 1. The van der Waals surface area contributed by atoms with Crippen molar-refractivity contribution in [2.75, 3.05) is 45.3 Å². The van der Waals surface area contributed by atoms with E-state index in [1.807, 2.05) is 58.0 Å². The molecule has 0 radical (unpaired) electrons. The lowest BCUT2D eigenvalue weighted by molar-refractivity contribution is -0.142. The Morgan fingerprint density at radius 3 is 2.88 bits per heavy atom. The minimum Gasteiger partial charge on any atom is -0.493 e. The zero-order valence-electron chi connectivity index (χ0n) is 22.4. The second kappa shape index (κ2) is 12.9. The van der Waals surface area contributed by atoms with Gasteiger partial charge in [-0.3, -0.25) is 14.2 Å². The molecular formula is C29H32N8O3. The molecule has 0 atom stereocenters. The molecule has 4 aromatic rings. The standard InChI is InChI=1S/C29H32N8O3/c1-31-17-23(15-30)22-5-3-21(4-6-22)16-32-27-14-25(34-20-35-27)26-18-33-28-13-24(7-9-37(26)28)40-11-2-8-36-10-12-39-19-29(36)38/h3-7,9,13-15,17-18,20H,2,8,10-12,16,19,30H2,1H3,(H,32,34,35)/b23-15+,31-17?. The number of anilines is 1. The van der Waals surface area contributed by atoms with Crippen LogP contribution in [-0.2, 0) is 16.1 Å². The Morgan fingerprint density at radius 1 is 1.20 bits per heavy atom. The van der Waals surface area contributed by atoms with Crippen LogP contribution >= 0.6 is 0 Å². The lowest BCUT2D eigenvalue weighted by Crippen LogP contribution is -2.42. The quantitative estimate of drug-likeness (QED) is 0.219. The highest BCUT2D eigenvalue weighted by atomic mass is 16.5. The van der Waals surface area contributed by atoms with Crippen LogP contribution in [0.2, 0.25) is 0 Å². The number of imidazole rings is 1. The van der Waals surface area contributed by atoms with Gasteiger partial charge in [0.25, 0.3) is 0 Å². The normalized spacial score (nSPS) is 14.3. The van der Waals surface area contributed by atoms with Crippen LogP contribution in [0, 0.1) is 0 Å². The monoisotopic (exact) mass is 540 g/mol. The number of aliphatic imine (C=N–C) groups is 1. The summed E-state index contributed by atoms with van der Waals surface area (Å²) in [5.74, 6) is 1.47. The summed E-state index contributed by atoms with van der Waals surface area (Å²) in [5, 5.41) is 3.37. The molecule has 3 aromatic heterocycles. The van der Waals surface area contributed by atoms with Crippen LogP contribution in [0.5, 0.6) is 5.75 Å². The average molecular weight is 541 g/mol. The van der Waals surface area contributed by atoms with Crippen LogP contribution in [0.15, 0.2) is 72.4 Å². The molecule has 1 saturated heterocycles. The average Bonchev–Trinajstić information content (AvgIpc) is 3.42. The Hall–Kier alpha value is -4.77. The van der Waals surface area contributed by atoms with Crippen LogP contribution in [0.3, 0.4) is 0 Å². The number of nitrogens with one attached hydrogen (secondary N) is 1. The molecule has 11 nitrogen and oxygen atoms in total. The number of allylic oxidation sites excluding steroid dienone is 1. The molecule has 1 aliphatic heterocycles. The Balaban J connectivity index is 1.19. The highest BCUT2D eigenvalue weighted by Gasteiger charge is 2.17. The number of pyridine rings is 1. The maximum Gasteiger partial charge on any atom is 0.248 e. The van der Waals surface area contributed by atoms with Crippen molar-refractivity contribution in [3.05, 3.63) is 78.5 Å². The number of nitrogens with zero attached hydrogens (tertiary/aromatic N) is 6. The summed E-state index contributed by atoms with van der Waals surface area (Å²) in [6, 6.07) is 13.8. The first-order valence-corrected chi connectivity index (χ1v) is 13.1. The van der Waals surface area contributed by atoms with Gasteiger partial charge in [-0.2, -0.15) is 0 Å². The van der Waals surface area contributed by atoms with Crippen LogP contribution in [0.4, 0.5) is 5.82 Å². The van der Waals surface area contributed by atoms with Gasteiger partial charge in [0, 0.05) is 63.0 Å². The molecule has 1 aromatic carbocycles. The molecule has 0 saturated carbocycles. The van der Waals surface area contributed by atoms with Gasteiger partial charge in [0.05, 0.1) is 30.8 Å². The lowest BCUT2D eigenvalue weighted by atomic mass is 10.1. The first-order valence-electron chi connectivity index (χ1n) is 13.1. The molecule has 5 rings (SSSR count). The Kier molecular flexibility index (Phi) is 8.62. The Bertz CT molecular complexity index is 1510. The van der Waals surface area contributed by atoms with Gasteiger partial charge in [0.15, 0.2) is 0 Å². The van der Waals surface area contributed by atoms with Crippen LogP contribution < -0.4 is 15.8 Å². The molecule has 40 heavy (non-hydrogen) atoms. The zero-order valence-corrected chi connectivity index (χ0v) is 22.4. The third kappa shape index (κ3) is 6.44. The summed E-state index contributed by atoms with van der Waals surface area (Å²) < 4.78 is 13.0. The van der Waals surface area contributed by atoms with Crippen molar-refractivity contribution >= 4 is 29.2 Å². The number of amides is 1. The predicted octanol–water partition coefficient (Wildman–Crippen LogP) is 3.03. The van der Waals surface area contributed by atoms with E-state index in [0.29, 0.717) is 38.7 Å². The van der Waals surface area contributed by atoms with Gasteiger partial charge in [-0.1, -0.05) is 24.3 Å². The second-order valence-corrected chi connectivity index (χ2v) is 9.22. The van der Waals surface area contributed by atoms with Crippen molar-refractivity contribution in [3.8, 4) is 17.1 Å². The molecule has 206 valence electrons. The van der Waals surface area contributed by atoms with Crippen molar-refractivity contribution in [1.82, 2.24) is 24.3 Å². The first-order chi connectivity index (χ1) is 19.6. The summed E-state index contributed by atoms with van der Waals surface area (Å²) in [6.45, 7) is 3.17. The smallest absolute Gasteiger partial charge is 0.248 e. The highest BCUT2D eigenvalue weighted by molar-refractivity contribution is 6.09. The number of hydrogen-bond acceptors (Lipinski definition) is 9. The van der Waals surface area contributed by atoms with E-state index in [1.54, 1.807) is 32.0 Å². The maximum atomic E-state index is 11.8. The Morgan fingerprint density at radius 2 is 2.08 bits per heavy atom. The molecule has 0 aliphatic carbocycles. The van der Waals surface area contributed by atoms with E-state index in [4.69, 9.17) is 15.2 Å². The number of morpholine rings is 1. The van der Waals surface area contributed by atoms with Crippen LogP contribution in [-0.4, -0.2) is 76.3 Å². The molecule has 3 N–H and O–H groups in total. The van der Waals surface area contributed by atoms with E-state index in [-0.39, 0.29) is 12.5 Å². The van der Waals surface area contributed by atoms with Gasteiger partial charge >= 0.3 is 0 Å². The number of carbonyl (C=O) groups excluding carboxylic acids is 1. The van der Waals surface area contributed by atoms with Gasteiger partial charge in [0.2, 0.25) is 5.91 Å². The highest BCUT2D eigenvalue weighted by Crippen LogP contribution is 2.23. The number of fused-ring (bicyclic) bond motifs is 1. The molecular weight excluding hydrogens is 508 g/mol. The van der Waals surface area contributed by atoms with Gasteiger partial charge in [-0.05, 0) is 23.6 Å². The van der Waals surface area contributed by atoms with Gasteiger partial charge in [-0.25, -0.2) is 15.0 Å². The Labute approximate surface area is 232 Å². The van der Waals surface area contributed by atoms with Gasteiger partial charge in [-0.15, -0.1) is 0 Å². The van der Waals surface area contributed by atoms with Crippen LogP contribution in [0.25, 0.3) is 22.6 Å². The summed E-state index contributed by atoms with van der Waals surface area (Å²) in [6.07, 6.45) is 9.28. The van der Waals surface area contributed by atoms with Crippen molar-refractivity contribution in [2.24, 2.45) is 10.7 Å². The maximum absolute atomic E-state index is 11.8. The molecule has 0 spiro atoms. The van der Waals surface area contributed by atoms with Gasteiger partial charge in [0.1, 0.15) is 30.1 Å². The third-order valence-electron chi connectivity index (χ3n) is 6.55. The van der Waals surface area contributed by atoms with E-state index in [0.717, 1.165) is 45.9 Å². The molecule has 1 aliphatic rings. The van der Waals surface area contributed by atoms with E-state index >= 15 is 0 Å². The summed E-state index contributed by atoms with van der Waals surface area (Å²) in [4.78, 5) is 31.1. The van der Waals surface area contributed by atoms with Crippen molar-refractivity contribution < 1.29 is 14.3 Å². The molecule has 0 bridgehead atoms. The van der Waals surface area contributed by atoms with Crippen molar-refractivity contribution in [2.45, 2.75) is 13.0 Å². The zero-order chi connectivity index (χ0) is 27.7.